The van der Waals surface area contributed by atoms with Crippen molar-refractivity contribution < 1.29 is 14.7 Å². The number of hydrogen-bond donors (Lipinski definition) is 1. The molecule has 0 spiro atoms. The molecule has 1 aromatic heterocycles. The Bertz CT molecular complexity index is 632. The fourth-order valence-corrected chi connectivity index (χ4v) is 2.77. The van der Waals surface area contributed by atoms with Crippen molar-refractivity contribution in [3.8, 4) is 0 Å². The third-order valence-electron chi connectivity index (χ3n) is 2.85. The Labute approximate surface area is 114 Å². The standard InChI is InChI=1S/C14H13NO3S/c1-8-9(2)19-13(11(8)14(17)18)15-12(16)10-6-4-3-5-7-10/h3-7H,1-2H3,(H,15,16)(H,17,18)/p-1. The first kappa shape index (κ1) is 13.3. The Hall–Kier alpha value is -2.14. The SMILES string of the molecule is Cc1sc(NC(=O)c2ccccc2)c(C(=O)[O-])c1C. The molecule has 1 heterocycles. The topological polar surface area (TPSA) is 69.2 Å². The van der Waals surface area contributed by atoms with Gasteiger partial charge in [-0.05, 0) is 31.5 Å². The fourth-order valence-electron chi connectivity index (χ4n) is 1.73. The highest BCUT2D eigenvalue weighted by atomic mass is 32.1. The maximum atomic E-state index is 12.0. The average molecular weight is 274 g/mol. The van der Waals surface area contributed by atoms with Crippen LogP contribution in [0.4, 0.5) is 5.00 Å². The summed E-state index contributed by atoms with van der Waals surface area (Å²) in [6.07, 6.45) is 0. The van der Waals surface area contributed by atoms with E-state index in [1.807, 2.05) is 13.0 Å². The predicted octanol–water partition coefficient (Wildman–Crippen LogP) is 1.98. The highest BCUT2D eigenvalue weighted by Crippen LogP contribution is 2.32. The minimum Gasteiger partial charge on any atom is -0.545 e. The highest BCUT2D eigenvalue weighted by molar-refractivity contribution is 7.16. The first-order valence-electron chi connectivity index (χ1n) is 5.68. The molecule has 2 aromatic rings. The zero-order valence-corrected chi connectivity index (χ0v) is 11.3. The van der Waals surface area contributed by atoms with Crippen LogP contribution in [0, 0.1) is 13.8 Å². The van der Waals surface area contributed by atoms with Gasteiger partial charge in [0.15, 0.2) is 0 Å². The summed E-state index contributed by atoms with van der Waals surface area (Å²) in [5, 5.41) is 14.1. The minimum absolute atomic E-state index is 0.0618. The lowest BCUT2D eigenvalue weighted by molar-refractivity contribution is -0.254. The van der Waals surface area contributed by atoms with Gasteiger partial charge in [0.05, 0.1) is 5.97 Å². The molecule has 0 atom stereocenters. The van der Waals surface area contributed by atoms with Gasteiger partial charge in [-0.2, -0.15) is 0 Å². The predicted molar refractivity (Wildman–Crippen MR) is 72.5 cm³/mol. The Morgan fingerprint density at radius 2 is 1.79 bits per heavy atom. The lowest BCUT2D eigenvalue weighted by Crippen LogP contribution is -2.24. The molecule has 0 aliphatic heterocycles. The number of benzene rings is 1. The molecule has 0 aliphatic carbocycles. The molecule has 0 saturated carbocycles. The summed E-state index contributed by atoms with van der Waals surface area (Å²) in [4.78, 5) is 24.0. The van der Waals surface area contributed by atoms with E-state index in [4.69, 9.17) is 0 Å². The Kier molecular flexibility index (Phi) is 3.66. The van der Waals surface area contributed by atoms with Crippen LogP contribution in [0.15, 0.2) is 30.3 Å². The van der Waals surface area contributed by atoms with Crippen molar-refractivity contribution in [2.45, 2.75) is 13.8 Å². The monoisotopic (exact) mass is 274 g/mol. The quantitative estimate of drug-likeness (QED) is 0.930. The van der Waals surface area contributed by atoms with E-state index < -0.39 is 5.97 Å². The summed E-state index contributed by atoms with van der Waals surface area (Å²) < 4.78 is 0. The smallest absolute Gasteiger partial charge is 0.256 e. The van der Waals surface area contributed by atoms with E-state index in [-0.39, 0.29) is 11.5 Å². The van der Waals surface area contributed by atoms with E-state index in [2.05, 4.69) is 5.32 Å². The van der Waals surface area contributed by atoms with Crippen molar-refractivity contribution in [2.75, 3.05) is 5.32 Å². The Balaban J connectivity index is 2.32. The number of anilines is 1. The number of hydrogen-bond acceptors (Lipinski definition) is 4. The molecular weight excluding hydrogens is 262 g/mol. The van der Waals surface area contributed by atoms with Gasteiger partial charge in [-0.3, -0.25) is 4.79 Å². The molecular formula is C14H12NO3S-. The van der Waals surface area contributed by atoms with Crippen LogP contribution in [0.1, 0.15) is 31.2 Å². The van der Waals surface area contributed by atoms with Gasteiger partial charge in [-0.25, -0.2) is 0 Å². The first-order chi connectivity index (χ1) is 9.00. The molecule has 0 unspecified atom stereocenters. The number of nitrogens with one attached hydrogen (secondary N) is 1. The number of carbonyl (C=O) groups excluding carboxylic acids is 2. The van der Waals surface area contributed by atoms with Crippen molar-refractivity contribution in [3.63, 3.8) is 0 Å². The number of aryl methyl sites for hydroxylation is 1. The van der Waals surface area contributed by atoms with Crippen molar-refractivity contribution in [2.24, 2.45) is 0 Å². The summed E-state index contributed by atoms with van der Waals surface area (Å²) in [6, 6.07) is 8.64. The summed E-state index contributed by atoms with van der Waals surface area (Å²) in [5.41, 5.74) is 1.18. The number of carboxylic acids is 1. The largest absolute Gasteiger partial charge is 0.545 e. The van der Waals surface area contributed by atoms with Gasteiger partial charge < -0.3 is 15.2 Å². The second kappa shape index (κ2) is 5.24. The summed E-state index contributed by atoms with van der Waals surface area (Å²) in [5.74, 6) is -1.60. The maximum Gasteiger partial charge on any atom is 0.256 e. The molecule has 1 amide bonds. The minimum atomic E-state index is -1.27. The molecule has 19 heavy (non-hydrogen) atoms. The van der Waals surface area contributed by atoms with E-state index >= 15 is 0 Å². The molecule has 2 rings (SSSR count). The van der Waals surface area contributed by atoms with Crippen LogP contribution in [-0.2, 0) is 0 Å². The van der Waals surface area contributed by atoms with Crippen molar-refractivity contribution in [1.29, 1.82) is 0 Å². The molecule has 0 fully saturated rings. The van der Waals surface area contributed by atoms with Crippen LogP contribution >= 0.6 is 11.3 Å². The number of thiophene rings is 1. The molecule has 0 radical (unpaired) electrons. The highest BCUT2D eigenvalue weighted by Gasteiger charge is 2.16. The van der Waals surface area contributed by atoms with Gasteiger partial charge in [-0.15, -0.1) is 11.3 Å². The van der Waals surface area contributed by atoms with E-state index in [9.17, 15) is 14.7 Å². The lowest BCUT2D eigenvalue weighted by Gasteiger charge is -2.08. The number of aromatic carboxylic acids is 1. The van der Waals surface area contributed by atoms with Crippen molar-refractivity contribution >= 4 is 28.2 Å². The van der Waals surface area contributed by atoms with Crippen LogP contribution < -0.4 is 10.4 Å². The third kappa shape index (κ3) is 2.66. The van der Waals surface area contributed by atoms with E-state index in [1.54, 1.807) is 31.2 Å². The molecule has 1 N–H and O–H groups in total. The summed E-state index contributed by atoms with van der Waals surface area (Å²) >= 11 is 1.24. The lowest BCUT2D eigenvalue weighted by atomic mass is 10.1. The van der Waals surface area contributed by atoms with Crippen molar-refractivity contribution in [1.82, 2.24) is 0 Å². The number of carboxylic acid groups (broad SMARTS) is 1. The van der Waals surface area contributed by atoms with Gasteiger partial charge in [0, 0.05) is 16.0 Å². The molecule has 0 aliphatic rings. The number of carbonyl (C=O) groups is 2. The molecule has 98 valence electrons. The summed E-state index contributed by atoms with van der Waals surface area (Å²) in [7, 11) is 0. The van der Waals surface area contributed by atoms with Crippen LogP contribution in [0.2, 0.25) is 0 Å². The molecule has 4 nitrogen and oxygen atoms in total. The summed E-state index contributed by atoms with van der Waals surface area (Å²) in [6.45, 7) is 3.51. The zero-order chi connectivity index (χ0) is 14.0. The second-order valence-electron chi connectivity index (χ2n) is 4.09. The number of amides is 1. The fraction of sp³-hybridized carbons (Fsp3) is 0.143. The second-order valence-corrected chi connectivity index (χ2v) is 5.32. The Morgan fingerprint density at radius 3 is 2.37 bits per heavy atom. The van der Waals surface area contributed by atoms with Crippen LogP contribution in [0.25, 0.3) is 0 Å². The van der Waals surface area contributed by atoms with E-state index in [0.717, 1.165) is 4.88 Å². The Morgan fingerprint density at radius 1 is 1.16 bits per heavy atom. The molecule has 0 saturated heterocycles. The molecule has 5 heteroatoms. The first-order valence-corrected chi connectivity index (χ1v) is 6.50. The maximum absolute atomic E-state index is 12.0. The van der Waals surface area contributed by atoms with Crippen LogP contribution in [0.3, 0.4) is 0 Å². The average Bonchev–Trinajstić information content (AvgIpc) is 2.65. The van der Waals surface area contributed by atoms with Crippen molar-refractivity contribution in [3.05, 3.63) is 51.9 Å². The van der Waals surface area contributed by atoms with Gasteiger partial charge in [0.25, 0.3) is 5.91 Å². The third-order valence-corrected chi connectivity index (χ3v) is 3.98. The van der Waals surface area contributed by atoms with Crippen LogP contribution in [0.5, 0.6) is 0 Å². The van der Waals surface area contributed by atoms with E-state index in [1.165, 1.54) is 11.3 Å². The molecule has 1 aromatic carbocycles. The van der Waals surface area contributed by atoms with Gasteiger partial charge in [0.2, 0.25) is 0 Å². The molecule has 0 bridgehead atoms. The van der Waals surface area contributed by atoms with Crippen LogP contribution in [-0.4, -0.2) is 11.9 Å². The number of rotatable bonds is 3. The van der Waals surface area contributed by atoms with Gasteiger partial charge in [0.1, 0.15) is 5.00 Å². The zero-order valence-electron chi connectivity index (χ0n) is 10.5. The van der Waals surface area contributed by atoms with Gasteiger partial charge >= 0.3 is 0 Å². The van der Waals surface area contributed by atoms with Gasteiger partial charge in [-0.1, -0.05) is 18.2 Å². The normalized spacial score (nSPS) is 10.2. The van der Waals surface area contributed by atoms with E-state index in [0.29, 0.717) is 16.1 Å².